The number of hydrogen-bond donors (Lipinski definition) is 1. The zero-order valence-electron chi connectivity index (χ0n) is 16.6. The van der Waals surface area contributed by atoms with Crippen molar-refractivity contribution in [3.8, 4) is 0 Å². The topological polar surface area (TPSA) is 84.3 Å². The summed E-state index contributed by atoms with van der Waals surface area (Å²) in [5, 5.41) is 2.91. The Labute approximate surface area is 171 Å². The van der Waals surface area contributed by atoms with Crippen molar-refractivity contribution in [2.75, 3.05) is 13.6 Å². The summed E-state index contributed by atoms with van der Waals surface area (Å²) in [6, 6.07) is 15.5. The summed E-state index contributed by atoms with van der Waals surface area (Å²) in [5.74, 6) is 0.244. The highest BCUT2D eigenvalue weighted by atomic mass is 32.2. The van der Waals surface area contributed by atoms with Gasteiger partial charge in [0.1, 0.15) is 11.9 Å². The molecule has 3 rings (SSSR count). The molecule has 8 heteroatoms. The van der Waals surface area contributed by atoms with Gasteiger partial charge >= 0.3 is 0 Å². The van der Waals surface area contributed by atoms with Crippen LogP contribution >= 0.6 is 0 Å². The van der Waals surface area contributed by atoms with E-state index in [2.05, 4.69) is 10.3 Å². The zero-order valence-corrected chi connectivity index (χ0v) is 17.4. The van der Waals surface area contributed by atoms with Crippen molar-refractivity contribution < 1.29 is 13.2 Å². The van der Waals surface area contributed by atoms with Crippen LogP contribution in [0.4, 0.5) is 0 Å². The number of nitrogens with zero attached hydrogens (tertiary/aromatic N) is 3. The summed E-state index contributed by atoms with van der Waals surface area (Å²) in [5.41, 5.74) is 1.82. The molecule has 1 atom stereocenters. The standard InChI is InChI=1S/C21H24N4O3S/c1-16-9-11-18(12-10-16)29(27,28)25(3)15-19(26)23-20(17-7-5-4-6-8-17)21-22-13-14-24(21)2/h4-14,20H,15H2,1-3H3,(H,23,26). The SMILES string of the molecule is Cc1ccc(S(=O)(=O)N(C)CC(=O)NC(c2ccccc2)c2nccn2C)cc1. The quantitative estimate of drug-likeness (QED) is 0.645. The first kappa shape index (κ1) is 20.8. The van der Waals surface area contributed by atoms with Gasteiger partial charge in [-0.05, 0) is 24.6 Å². The number of benzene rings is 2. The van der Waals surface area contributed by atoms with Crippen LogP contribution in [-0.2, 0) is 21.9 Å². The average molecular weight is 413 g/mol. The lowest BCUT2D eigenvalue weighted by atomic mass is 10.1. The van der Waals surface area contributed by atoms with Crippen LogP contribution in [0.2, 0.25) is 0 Å². The molecule has 1 unspecified atom stereocenters. The van der Waals surface area contributed by atoms with Crippen LogP contribution in [-0.4, -0.2) is 41.8 Å². The van der Waals surface area contributed by atoms with E-state index >= 15 is 0 Å². The molecule has 3 aromatic rings. The number of amides is 1. The van der Waals surface area contributed by atoms with Crippen molar-refractivity contribution in [1.82, 2.24) is 19.2 Å². The molecule has 1 N–H and O–H groups in total. The number of carbonyl (C=O) groups is 1. The van der Waals surface area contributed by atoms with Crippen molar-refractivity contribution in [2.24, 2.45) is 7.05 Å². The Balaban J connectivity index is 1.78. The Morgan fingerprint density at radius 1 is 1.14 bits per heavy atom. The number of rotatable bonds is 7. The van der Waals surface area contributed by atoms with E-state index in [1.165, 1.54) is 7.05 Å². The van der Waals surface area contributed by atoms with Crippen molar-refractivity contribution >= 4 is 15.9 Å². The second-order valence-corrected chi connectivity index (χ2v) is 8.93. The monoisotopic (exact) mass is 412 g/mol. The summed E-state index contributed by atoms with van der Waals surface area (Å²) in [7, 11) is -0.520. The van der Waals surface area contributed by atoms with Crippen LogP contribution in [0.1, 0.15) is 23.0 Å². The fraction of sp³-hybridized carbons (Fsp3) is 0.238. The molecule has 0 saturated carbocycles. The predicted molar refractivity (Wildman–Crippen MR) is 111 cm³/mol. The number of imidazole rings is 1. The van der Waals surface area contributed by atoms with Crippen LogP contribution in [0.15, 0.2) is 71.9 Å². The van der Waals surface area contributed by atoms with Crippen LogP contribution in [0.3, 0.4) is 0 Å². The third-order valence-corrected chi connectivity index (χ3v) is 6.47. The minimum absolute atomic E-state index is 0.155. The molecule has 0 fully saturated rings. The number of carbonyl (C=O) groups excluding carboxylic acids is 1. The Kier molecular flexibility index (Phi) is 6.14. The lowest BCUT2D eigenvalue weighted by Gasteiger charge is -2.22. The fourth-order valence-electron chi connectivity index (χ4n) is 2.98. The molecule has 0 spiro atoms. The summed E-state index contributed by atoms with van der Waals surface area (Å²) in [6.45, 7) is 1.58. The van der Waals surface area contributed by atoms with Gasteiger partial charge in [-0.2, -0.15) is 4.31 Å². The van der Waals surface area contributed by atoms with Crippen LogP contribution in [0.5, 0.6) is 0 Å². The van der Waals surface area contributed by atoms with E-state index in [1.54, 1.807) is 36.7 Å². The van der Waals surface area contributed by atoms with Gasteiger partial charge in [0.25, 0.3) is 0 Å². The first-order valence-corrected chi connectivity index (χ1v) is 10.6. The van der Waals surface area contributed by atoms with E-state index in [0.29, 0.717) is 5.82 Å². The van der Waals surface area contributed by atoms with E-state index in [9.17, 15) is 13.2 Å². The zero-order chi connectivity index (χ0) is 21.0. The number of aryl methyl sites for hydroxylation is 2. The maximum atomic E-state index is 12.7. The van der Waals surface area contributed by atoms with Gasteiger partial charge in [0.05, 0.1) is 11.4 Å². The van der Waals surface area contributed by atoms with Gasteiger partial charge in [0.15, 0.2) is 0 Å². The molecule has 0 bridgehead atoms. The Morgan fingerprint density at radius 2 is 1.79 bits per heavy atom. The Bertz CT molecular complexity index is 1080. The summed E-state index contributed by atoms with van der Waals surface area (Å²) >= 11 is 0. The molecular weight excluding hydrogens is 388 g/mol. The first-order valence-electron chi connectivity index (χ1n) is 9.13. The van der Waals surface area contributed by atoms with E-state index in [1.807, 2.05) is 48.9 Å². The number of sulfonamides is 1. The minimum Gasteiger partial charge on any atom is -0.341 e. The third-order valence-electron chi connectivity index (χ3n) is 4.65. The number of likely N-dealkylation sites (N-methyl/N-ethyl adjacent to an activating group) is 1. The lowest BCUT2D eigenvalue weighted by Crippen LogP contribution is -2.40. The van der Waals surface area contributed by atoms with Crippen LogP contribution < -0.4 is 5.32 Å². The minimum atomic E-state index is -3.76. The van der Waals surface area contributed by atoms with E-state index in [0.717, 1.165) is 15.4 Å². The summed E-state index contributed by atoms with van der Waals surface area (Å²) < 4.78 is 28.4. The number of hydrogen-bond acceptors (Lipinski definition) is 4. The lowest BCUT2D eigenvalue weighted by molar-refractivity contribution is -0.121. The number of aromatic nitrogens is 2. The van der Waals surface area contributed by atoms with Crippen molar-refractivity contribution in [2.45, 2.75) is 17.9 Å². The van der Waals surface area contributed by atoms with Crippen LogP contribution in [0.25, 0.3) is 0 Å². The molecule has 1 heterocycles. The first-order chi connectivity index (χ1) is 13.8. The number of nitrogens with one attached hydrogen (secondary N) is 1. The molecule has 0 aliphatic heterocycles. The Hall–Kier alpha value is -2.97. The summed E-state index contributed by atoms with van der Waals surface area (Å²) in [4.78, 5) is 17.2. The van der Waals surface area contributed by atoms with E-state index in [4.69, 9.17) is 0 Å². The molecule has 0 aliphatic carbocycles. The van der Waals surface area contributed by atoms with Crippen molar-refractivity contribution in [1.29, 1.82) is 0 Å². The van der Waals surface area contributed by atoms with E-state index in [-0.39, 0.29) is 11.4 Å². The molecule has 1 amide bonds. The normalized spacial score (nSPS) is 12.7. The maximum Gasteiger partial charge on any atom is 0.243 e. The average Bonchev–Trinajstić information content (AvgIpc) is 3.12. The highest BCUT2D eigenvalue weighted by Gasteiger charge is 2.26. The predicted octanol–water partition coefficient (Wildman–Crippen LogP) is 2.25. The highest BCUT2D eigenvalue weighted by molar-refractivity contribution is 7.89. The highest BCUT2D eigenvalue weighted by Crippen LogP contribution is 2.20. The third kappa shape index (κ3) is 4.72. The van der Waals surface area contributed by atoms with Crippen molar-refractivity contribution in [3.63, 3.8) is 0 Å². The molecule has 1 aromatic heterocycles. The van der Waals surface area contributed by atoms with Gasteiger partial charge in [0, 0.05) is 26.5 Å². The van der Waals surface area contributed by atoms with Gasteiger partial charge in [-0.3, -0.25) is 4.79 Å². The molecule has 152 valence electrons. The largest absolute Gasteiger partial charge is 0.341 e. The molecule has 0 saturated heterocycles. The second kappa shape index (κ2) is 8.59. The fourth-order valence-corrected chi connectivity index (χ4v) is 4.11. The molecule has 29 heavy (non-hydrogen) atoms. The van der Waals surface area contributed by atoms with Gasteiger partial charge in [-0.25, -0.2) is 13.4 Å². The maximum absolute atomic E-state index is 12.7. The Morgan fingerprint density at radius 3 is 2.38 bits per heavy atom. The van der Waals surface area contributed by atoms with E-state index < -0.39 is 22.0 Å². The molecule has 0 aliphatic rings. The van der Waals surface area contributed by atoms with Crippen molar-refractivity contribution in [3.05, 3.63) is 83.9 Å². The molecule has 7 nitrogen and oxygen atoms in total. The molecule has 2 aromatic carbocycles. The second-order valence-electron chi connectivity index (χ2n) is 6.88. The van der Waals surface area contributed by atoms with Gasteiger partial charge in [-0.1, -0.05) is 48.0 Å². The molecule has 0 radical (unpaired) electrons. The summed E-state index contributed by atoms with van der Waals surface area (Å²) in [6.07, 6.45) is 3.46. The van der Waals surface area contributed by atoms with Gasteiger partial charge < -0.3 is 9.88 Å². The van der Waals surface area contributed by atoms with Crippen LogP contribution in [0, 0.1) is 6.92 Å². The van der Waals surface area contributed by atoms with Gasteiger partial charge in [-0.15, -0.1) is 0 Å². The smallest absolute Gasteiger partial charge is 0.243 e. The van der Waals surface area contributed by atoms with Gasteiger partial charge in [0.2, 0.25) is 15.9 Å². The molecular formula is C21H24N4O3S.